The lowest BCUT2D eigenvalue weighted by molar-refractivity contribution is 0.0649. The van der Waals surface area contributed by atoms with E-state index in [1.165, 1.54) is 0 Å². The molecule has 4 N–H and O–H groups in total. The number of aromatic nitrogens is 2. The standard InChI is InChI=1S/C13H17N3O3/c1-7(13(2,3)19)14-8-4-5-9-10(6-8)16-12(18)11(17)15-9/h4-7,14,19H,1-3H3,(H,15,17)(H,16,18). The van der Waals surface area contributed by atoms with E-state index < -0.39 is 16.7 Å². The van der Waals surface area contributed by atoms with Crippen molar-refractivity contribution in [3.63, 3.8) is 0 Å². The van der Waals surface area contributed by atoms with Crippen molar-refractivity contribution in [1.82, 2.24) is 9.97 Å². The van der Waals surface area contributed by atoms with Crippen molar-refractivity contribution in [2.45, 2.75) is 32.4 Å². The monoisotopic (exact) mass is 263 g/mol. The van der Waals surface area contributed by atoms with Gasteiger partial charge in [0.2, 0.25) is 0 Å². The third kappa shape index (κ3) is 2.85. The second-order valence-corrected chi connectivity index (χ2v) is 5.19. The Balaban J connectivity index is 2.39. The fraction of sp³-hybridized carbons (Fsp3) is 0.385. The summed E-state index contributed by atoms with van der Waals surface area (Å²) in [5.74, 6) is 0. The minimum atomic E-state index is -0.868. The van der Waals surface area contributed by atoms with Gasteiger partial charge in [-0.15, -0.1) is 0 Å². The molecule has 0 aliphatic heterocycles. The van der Waals surface area contributed by atoms with Gasteiger partial charge in [-0.3, -0.25) is 9.59 Å². The molecule has 1 aromatic heterocycles. The van der Waals surface area contributed by atoms with Gasteiger partial charge in [0.25, 0.3) is 0 Å². The van der Waals surface area contributed by atoms with Crippen molar-refractivity contribution in [3.8, 4) is 0 Å². The summed E-state index contributed by atoms with van der Waals surface area (Å²) in [6.45, 7) is 5.29. The summed E-state index contributed by atoms with van der Waals surface area (Å²) in [6.07, 6.45) is 0. The molecule has 0 saturated carbocycles. The molecule has 0 radical (unpaired) electrons. The summed E-state index contributed by atoms with van der Waals surface area (Å²) >= 11 is 0. The fourth-order valence-electron chi connectivity index (χ4n) is 1.63. The molecule has 1 heterocycles. The lowest BCUT2D eigenvalue weighted by Crippen LogP contribution is -2.39. The van der Waals surface area contributed by atoms with Crippen LogP contribution in [0.5, 0.6) is 0 Å². The maximum atomic E-state index is 11.3. The molecule has 102 valence electrons. The molecular formula is C13H17N3O3. The fourth-order valence-corrected chi connectivity index (χ4v) is 1.63. The van der Waals surface area contributed by atoms with Crippen molar-refractivity contribution in [2.75, 3.05) is 5.32 Å². The third-order valence-electron chi connectivity index (χ3n) is 3.17. The van der Waals surface area contributed by atoms with E-state index in [1.54, 1.807) is 32.0 Å². The number of aromatic amines is 2. The molecule has 6 heteroatoms. The largest absolute Gasteiger partial charge is 0.388 e. The summed E-state index contributed by atoms with van der Waals surface area (Å²) in [7, 11) is 0. The Kier molecular flexibility index (Phi) is 3.20. The van der Waals surface area contributed by atoms with E-state index in [9.17, 15) is 14.7 Å². The molecule has 2 rings (SSSR count). The van der Waals surface area contributed by atoms with Crippen LogP contribution in [0.2, 0.25) is 0 Å². The number of rotatable bonds is 3. The predicted molar refractivity (Wildman–Crippen MR) is 74.6 cm³/mol. The zero-order valence-corrected chi connectivity index (χ0v) is 11.1. The highest BCUT2D eigenvalue weighted by atomic mass is 16.3. The quantitative estimate of drug-likeness (QED) is 0.615. The van der Waals surface area contributed by atoms with Crippen molar-refractivity contribution in [2.24, 2.45) is 0 Å². The zero-order chi connectivity index (χ0) is 14.2. The predicted octanol–water partition coefficient (Wildman–Crippen LogP) is 0.788. The average Bonchev–Trinajstić information content (AvgIpc) is 2.29. The van der Waals surface area contributed by atoms with Gasteiger partial charge in [0.05, 0.1) is 22.7 Å². The normalized spacial score (nSPS) is 13.5. The number of aliphatic hydroxyl groups is 1. The number of hydrogen-bond acceptors (Lipinski definition) is 4. The Hall–Kier alpha value is -2.08. The van der Waals surface area contributed by atoms with Crippen LogP contribution >= 0.6 is 0 Å². The Labute approximate surface area is 109 Å². The minimum absolute atomic E-state index is 0.167. The van der Waals surface area contributed by atoms with Crippen molar-refractivity contribution < 1.29 is 5.11 Å². The maximum absolute atomic E-state index is 11.3. The van der Waals surface area contributed by atoms with Crippen LogP contribution in [0.1, 0.15) is 20.8 Å². The Bertz CT molecular complexity index is 709. The van der Waals surface area contributed by atoms with Crippen LogP contribution in [0.15, 0.2) is 27.8 Å². The molecule has 6 nitrogen and oxygen atoms in total. The first kappa shape index (κ1) is 13.4. The summed E-state index contributed by atoms with van der Waals surface area (Å²) in [6, 6.07) is 5.03. The number of hydrogen-bond donors (Lipinski definition) is 4. The van der Waals surface area contributed by atoms with Gasteiger partial charge >= 0.3 is 11.1 Å². The lowest BCUT2D eigenvalue weighted by atomic mass is 10.0. The van der Waals surface area contributed by atoms with Crippen LogP contribution in [0, 0.1) is 0 Å². The van der Waals surface area contributed by atoms with E-state index >= 15 is 0 Å². The lowest BCUT2D eigenvalue weighted by Gasteiger charge is -2.27. The van der Waals surface area contributed by atoms with Crippen molar-refractivity contribution >= 4 is 16.7 Å². The summed E-state index contributed by atoms with van der Waals surface area (Å²) in [5, 5.41) is 13.0. The first-order chi connectivity index (χ1) is 8.77. The first-order valence-electron chi connectivity index (χ1n) is 6.02. The molecule has 0 saturated heterocycles. The van der Waals surface area contributed by atoms with E-state index in [0.29, 0.717) is 11.0 Å². The van der Waals surface area contributed by atoms with Gasteiger partial charge in [0, 0.05) is 5.69 Å². The van der Waals surface area contributed by atoms with Gasteiger partial charge in [-0.2, -0.15) is 0 Å². The van der Waals surface area contributed by atoms with E-state index in [-0.39, 0.29) is 6.04 Å². The summed E-state index contributed by atoms with van der Waals surface area (Å²) < 4.78 is 0. The number of nitrogens with one attached hydrogen (secondary N) is 3. The van der Waals surface area contributed by atoms with Crippen LogP contribution in [0.25, 0.3) is 11.0 Å². The molecule has 19 heavy (non-hydrogen) atoms. The first-order valence-corrected chi connectivity index (χ1v) is 6.02. The van der Waals surface area contributed by atoms with Crippen LogP contribution in [0.4, 0.5) is 5.69 Å². The SMILES string of the molecule is CC(Nc1ccc2[nH]c(=O)c(=O)[nH]c2c1)C(C)(C)O. The molecule has 0 bridgehead atoms. The number of H-pyrrole nitrogens is 2. The number of fused-ring (bicyclic) bond motifs is 1. The van der Waals surface area contributed by atoms with Gasteiger partial charge in [0.1, 0.15) is 0 Å². The minimum Gasteiger partial charge on any atom is -0.388 e. The van der Waals surface area contributed by atoms with Crippen LogP contribution in [-0.2, 0) is 0 Å². The molecule has 1 aromatic carbocycles. The van der Waals surface area contributed by atoms with Crippen LogP contribution in [0.3, 0.4) is 0 Å². The van der Waals surface area contributed by atoms with Crippen molar-refractivity contribution in [1.29, 1.82) is 0 Å². The number of benzene rings is 1. The van der Waals surface area contributed by atoms with Crippen LogP contribution < -0.4 is 16.4 Å². The molecule has 0 aliphatic rings. The average molecular weight is 263 g/mol. The topological polar surface area (TPSA) is 98.0 Å². The van der Waals surface area contributed by atoms with Crippen LogP contribution in [-0.4, -0.2) is 26.7 Å². The molecule has 1 unspecified atom stereocenters. The van der Waals surface area contributed by atoms with E-state index in [4.69, 9.17) is 0 Å². The van der Waals surface area contributed by atoms with Gasteiger partial charge in [-0.25, -0.2) is 0 Å². The molecule has 2 aromatic rings. The number of anilines is 1. The summed E-state index contributed by atoms with van der Waals surface area (Å²) in [5.41, 5.74) is -0.361. The Morgan fingerprint density at radius 1 is 1.16 bits per heavy atom. The highest BCUT2D eigenvalue weighted by Crippen LogP contribution is 2.18. The molecule has 0 fully saturated rings. The molecule has 0 spiro atoms. The van der Waals surface area contributed by atoms with Gasteiger partial charge in [-0.1, -0.05) is 0 Å². The summed E-state index contributed by atoms with van der Waals surface area (Å²) in [4.78, 5) is 27.4. The van der Waals surface area contributed by atoms with Gasteiger partial charge < -0.3 is 20.4 Å². The van der Waals surface area contributed by atoms with E-state index in [1.807, 2.05) is 6.92 Å². The molecule has 1 atom stereocenters. The van der Waals surface area contributed by atoms with Crippen molar-refractivity contribution in [3.05, 3.63) is 38.9 Å². The Morgan fingerprint density at radius 2 is 1.74 bits per heavy atom. The van der Waals surface area contributed by atoms with E-state index in [0.717, 1.165) is 5.69 Å². The van der Waals surface area contributed by atoms with Gasteiger partial charge in [0.15, 0.2) is 0 Å². The maximum Gasteiger partial charge on any atom is 0.314 e. The molecule has 0 aliphatic carbocycles. The Morgan fingerprint density at radius 3 is 2.32 bits per heavy atom. The van der Waals surface area contributed by atoms with E-state index in [2.05, 4.69) is 15.3 Å². The second-order valence-electron chi connectivity index (χ2n) is 5.19. The molecule has 0 amide bonds. The highest BCUT2D eigenvalue weighted by molar-refractivity contribution is 5.78. The third-order valence-corrected chi connectivity index (χ3v) is 3.17. The smallest absolute Gasteiger partial charge is 0.314 e. The second kappa shape index (κ2) is 4.55. The highest BCUT2D eigenvalue weighted by Gasteiger charge is 2.21. The van der Waals surface area contributed by atoms with Gasteiger partial charge in [-0.05, 0) is 39.0 Å². The molecular weight excluding hydrogens is 246 g/mol. The zero-order valence-electron chi connectivity index (χ0n) is 11.1.